The van der Waals surface area contributed by atoms with Crippen LogP contribution in [0.3, 0.4) is 0 Å². The first kappa shape index (κ1) is 14.5. The van der Waals surface area contributed by atoms with Crippen molar-refractivity contribution in [2.45, 2.75) is 20.0 Å². The molecule has 0 radical (unpaired) electrons. The molecule has 2 nitrogen and oxygen atoms in total. The first-order chi connectivity index (χ1) is 9.49. The molecule has 2 aromatic carbocycles. The van der Waals surface area contributed by atoms with Crippen LogP contribution in [-0.2, 0) is 0 Å². The van der Waals surface area contributed by atoms with Gasteiger partial charge in [-0.05, 0) is 49.2 Å². The minimum Gasteiger partial charge on any atom is -0.386 e. The Bertz CT molecular complexity index is 593. The van der Waals surface area contributed by atoms with Crippen molar-refractivity contribution < 1.29 is 13.9 Å². The van der Waals surface area contributed by atoms with E-state index in [1.54, 1.807) is 0 Å². The van der Waals surface area contributed by atoms with Gasteiger partial charge >= 0.3 is 0 Å². The number of hydrogen-bond donors (Lipinski definition) is 2. The summed E-state index contributed by atoms with van der Waals surface area (Å²) < 4.78 is 27.0. The molecule has 0 saturated heterocycles. The maximum absolute atomic E-state index is 13.5. The highest BCUT2D eigenvalue weighted by atomic mass is 19.1. The second kappa shape index (κ2) is 6.01. The van der Waals surface area contributed by atoms with E-state index >= 15 is 0 Å². The highest BCUT2D eigenvalue weighted by molar-refractivity contribution is 5.48. The Balaban J connectivity index is 2.08. The third-order valence-electron chi connectivity index (χ3n) is 3.34. The van der Waals surface area contributed by atoms with Crippen molar-refractivity contribution in [2.24, 2.45) is 0 Å². The number of aliphatic hydroxyl groups is 1. The van der Waals surface area contributed by atoms with E-state index in [1.165, 1.54) is 6.07 Å². The molecule has 0 saturated carbocycles. The lowest BCUT2D eigenvalue weighted by Gasteiger charge is -2.15. The molecule has 20 heavy (non-hydrogen) atoms. The van der Waals surface area contributed by atoms with E-state index in [0.717, 1.165) is 28.9 Å². The van der Waals surface area contributed by atoms with Crippen LogP contribution in [0.5, 0.6) is 0 Å². The van der Waals surface area contributed by atoms with E-state index in [0.29, 0.717) is 0 Å². The summed E-state index contributed by atoms with van der Waals surface area (Å²) in [6.45, 7) is 4.02. The van der Waals surface area contributed by atoms with Crippen LogP contribution in [0, 0.1) is 25.5 Å². The number of aryl methyl sites for hydroxylation is 2. The van der Waals surface area contributed by atoms with E-state index in [2.05, 4.69) is 5.32 Å². The molecule has 0 aliphatic rings. The zero-order valence-corrected chi connectivity index (χ0v) is 11.5. The van der Waals surface area contributed by atoms with Crippen LogP contribution in [0.2, 0.25) is 0 Å². The second-order valence-electron chi connectivity index (χ2n) is 4.83. The molecule has 0 fully saturated rings. The number of rotatable bonds is 4. The van der Waals surface area contributed by atoms with Crippen molar-refractivity contribution in [3.63, 3.8) is 0 Å². The number of anilines is 1. The van der Waals surface area contributed by atoms with Gasteiger partial charge in [-0.1, -0.05) is 12.1 Å². The lowest BCUT2D eigenvalue weighted by molar-refractivity contribution is 0.181. The van der Waals surface area contributed by atoms with Crippen LogP contribution in [0.25, 0.3) is 0 Å². The summed E-state index contributed by atoms with van der Waals surface area (Å²) in [5.41, 5.74) is 2.78. The number of nitrogens with one attached hydrogen (secondary N) is 1. The van der Waals surface area contributed by atoms with Gasteiger partial charge in [-0.3, -0.25) is 0 Å². The van der Waals surface area contributed by atoms with Crippen molar-refractivity contribution in [2.75, 3.05) is 11.9 Å². The zero-order valence-electron chi connectivity index (χ0n) is 11.5. The van der Waals surface area contributed by atoms with Crippen LogP contribution >= 0.6 is 0 Å². The van der Waals surface area contributed by atoms with Gasteiger partial charge in [0.05, 0.1) is 5.56 Å². The molecule has 2 rings (SSSR count). The molecule has 0 spiro atoms. The quantitative estimate of drug-likeness (QED) is 0.892. The molecule has 1 atom stereocenters. The summed E-state index contributed by atoms with van der Waals surface area (Å²) >= 11 is 0. The fraction of sp³-hybridized carbons (Fsp3) is 0.250. The molecular formula is C16H17F2NO. The molecule has 0 amide bonds. The Morgan fingerprint density at radius 3 is 2.30 bits per heavy atom. The van der Waals surface area contributed by atoms with Crippen molar-refractivity contribution in [3.05, 3.63) is 64.7 Å². The van der Waals surface area contributed by atoms with E-state index in [4.69, 9.17) is 0 Å². The zero-order chi connectivity index (χ0) is 14.7. The Kier molecular flexibility index (Phi) is 4.35. The molecule has 0 heterocycles. The molecule has 1 unspecified atom stereocenters. The summed E-state index contributed by atoms with van der Waals surface area (Å²) in [6, 6.07) is 9.30. The predicted molar refractivity (Wildman–Crippen MR) is 75.7 cm³/mol. The fourth-order valence-electron chi connectivity index (χ4n) is 2.00. The SMILES string of the molecule is Cc1ccc(NCC(O)c2c(F)cccc2F)cc1C. The molecular weight excluding hydrogens is 260 g/mol. The third kappa shape index (κ3) is 3.14. The topological polar surface area (TPSA) is 32.3 Å². The van der Waals surface area contributed by atoms with Gasteiger partial charge in [-0.2, -0.15) is 0 Å². The highest BCUT2D eigenvalue weighted by Crippen LogP contribution is 2.22. The van der Waals surface area contributed by atoms with Crippen LogP contribution in [-0.4, -0.2) is 11.7 Å². The normalized spacial score (nSPS) is 12.2. The smallest absolute Gasteiger partial charge is 0.132 e. The Morgan fingerprint density at radius 2 is 1.70 bits per heavy atom. The van der Waals surface area contributed by atoms with Crippen LogP contribution in [0.1, 0.15) is 22.8 Å². The van der Waals surface area contributed by atoms with Crippen molar-refractivity contribution in [1.82, 2.24) is 0 Å². The fourth-order valence-corrected chi connectivity index (χ4v) is 2.00. The number of halogens is 2. The van der Waals surface area contributed by atoms with Gasteiger partial charge in [-0.25, -0.2) is 8.78 Å². The van der Waals surface area contributed by atoms with Crippen LogP contribution < -0.4 is 5.32 Å². The van der Waals surface area contributed by atoms with E-state index in [-0.39, 0.29) is 12.1 Å². The predicted octanol–water partition coefficient (Wildman–Crippen LogP) is 3.73. The first-order valence-corrected chi connectivity index (χ1v) is 6.42. The molecule has 2 N–H and O–H groups in total. The van der Waals surface area contributed by atoms with Gasteiger partial charge in [0.25, 0.3) is 0 Å². The standard InChI is InChI=1S/C16H17F2NO/c1-10-6-7-12(8-11(10)2)19-9-15(20)16-13(17)4-3-5-14(16)18/h3-8,15,19-20H,9H2,1-2H3. The van der Waals surface area contributed by atoms with Gasteiger partial charge < -0.3 is 10.4 Å². The van der Waals surface area contributed by atoms with E-state index in [1.807, 2.05) is 32.0 Å². The molecule has 0 aromatic heterocycles. The average molecular weight is 277 g/mol. The number of aliphatic hydroxyl groups excluding tert-OH is 1. The molecule has 0 bridgehead atoms. The lowest BCUT2D eigenvalue weighted by Crippen LogP contribution is -2.15. The minimum atomic E-state index is -1.24. The average Bonchev–Trinajstić information content (AvgIpc) is 2.40. The largest absolute Gasteiger partial charge is 0.386 e. The maximum Gasteiger partial charge on any atom is 0.132 e. The van der Waals surface area contributed by atoms with E-state index in [9.17, 15) is 13.9 Å². The number of hydrogen-bond acceptors (Lipinski definition) is 2. The van der Waals surface area contributed by atoms with Crippen LogP contribution in [0.4, 0.5) is 14.5 Å². The van der Waals surface area contributed by atoms with Gasteiger partial charge in [0.1, 0.15) is 17.7 Å². The lowest BCUT2D eigenvalue weighted by atomic mass is 10.1. The first-order valence-electron chi connectivity index (χ1n) is 6.42. The molecule has 0 aliphatic carbocycles. The van der Waals surface area contributed by atoms with E-state index < -0.39 is 17.7 Å². The van der Waals surface area contributed by atoms with Crippen LogP contribution in [0.15, 0.2) is 36.4 Å². The van der Waals surface area contributed by atoms with Gasteiger partial charge in [0, 0.05) is 12.2 Å². The van der Waals surface area contributed by atoms with Crippen molar-refractivity contribution >= 4 is 5.69 Å². The summed E-state index contributed by atoms with van der Waals surface area (Å²) in [5.74, 6) is -1.47. The maximum atomic E-state index is 13.5. The minimum absolute atomic E-state index is 0.0420. The summed E-state index contributed by atoms with van der Waals surface area (Å²) in [7, 11) is 0. The van der Waals surface area contributed by atoms with Crippen molar-refractivity contribution in [3.8, 4) is 0 Å². The second-order valence-corrected chi connectivity index (χ2v) is 4.83. The van der Waals surface area contributed by atoms with Gasteiger partial charge in [0.2, 0.25) is 0 Å². The third-order valence-corrected chi connectivity index (χ3v) is 3.34. The van der Waals surface area contributed by atoms with Crippen molar-refractivity contribution in [1.29, 1.82) is 0 Å². The summed E-state index contributed by atoms with van der Waals surface area (Å²) in [5, 5.41) is 12.9. The monoisotopic (exact) mass is 277 g/mol. The Morgan fingerprint density at radius 1 is 1.05 bits per heavy atom. The molecule has 0 aliphatic heterocycles. The highest BCUT2D eigenvalue weighted by Gasteiger charge is 2.17. The molecule has 2 aromatic rings. The summed E-state index contributed by atoms with van der Waals surface area (Å²) in [4.78, 5) is 0. The molecule has 4 heteroatoms. The Labute approximate surface area is 117 Å². The number of benzene rings is 2. The summed E-state index contributed by atoms with van der Waals surface area (Å²) in [6.07, 6.45) is -1.24. The molecule has 106 valence electrons. The van der Waals surface area contributed by atoms with Gasteiger partial charge in [-0.15, -0.1) is 0 Å². The Hall–Kier alpha value is -1.94. The van der Waals surface area contributed by atoms with Gasteiger partial charge in [0.15, 0.2) is 0 Å².